The number of nitrogens with zero attached hydrogens (tertiary/aromatic N) is 1. The molecule has 1 aliphatic rings. The van der Waals surface area contributed by atoms with Crippen molar-refractivity contribution in [2.24, 2.45) is 0 Å². The SMILES string of the molecule is C=C(C)CCN1CCSC(C)(C)C1. The van der Waals surface area contributed by atoms with E-state index in [0.29, 0.717) is 4.75 Å². The molecule has 76 valence electrons. The highest BCUT2D eigenvalue weighted by Crippen LogP contribution is 2.29. The van der Waals surface area contributed by atoms with Gasteiger partial charge in [0, 0.05) is 30.1 Å². The minimum absolute atomic E-state index is 0.452. The lowest BCUT2D eigenvalue weighted by Gasteiger charge is -2.37. The highest BCUT2D eigenvalue weighted by Gasteiger charge is 2.26. The summed E-state index contributed by atoms with van der Waals surface area (Å²) in [6.45, 7) is 14.4. The lowest BCUT2D eigenvalue weighted by Crippen LogP contribution is -2.43. The Morgan fingerprint density at radius 3 is 2.77 bits per heavy atom. The summed E-state index contributed by atoms with van der Waals surface area (Å²) in [7, 11) is 0. The quantitative estimate of drug-likeness (QED) is 0.643. The fraction of sp³-hybridized carbons (Fsp3) is 0.818. The van der Waals surface area contributed by atoms with Gasteiger partial charge in [-0.2, -0.15) is 11.8 Å². The van der Waals surface area contributed by atoms with Gasteiger partial charge in [0.25, 0.3) is 0 Å². The molecule has 0 saturated carbocycles. The summed E-state index contributed by atoms with van der Waals surface area (Å²) in [5.74, 6) is 1.28. The highest BCUT2D eigenvalue weighted by atomic mass is 32.2. The van der Waals surface area contributed by atoms with Crippen LogP contribution in [0.2, 0.25) is 0 Å². The predicted molar refractivity (Wildman–Crippen MR) is 62.4 cm³/mol. The zero-order valence-corrected chi connectivity index (χ0v) is 9.91. The molecule has 0 bridgehead atoms. The van der Waals surface area contributed by atoms with E-state index in [1.807, 2.05) is 0 Å². The van der Waals surface area contributed by atoms with E-state index in [1.165, 1.54) is 31.0 Å². The summed E-state index contributed by atoms with van der Waals surface area (Å²) in [4.78, 5) is 2.56. The van der Waals surface area contributed by atoms with Crippen molar-refractivity contribution in [1.29, 1.82) is 0 Å². The van der Waals surface area contributed by atoms with Gasteiger partial charge < -0.3 is 4.90 Å². The maximum atomic E-state index is 3.94. The van der Waals surface area contributed by atoms with Gasteiger partial charge in [0.15, 0.2) is 0 Å². The number of thioether (sulfide) groups is 1. The van der Waals surface area contributed by atoms with Crippen LogP contribution >= 0.6 is 11.8 Å². The molecule has 0 amide bonds. The standard InChI is InChI=1S/C11H21NS/c1-10(2)5-6-12-7-8-13-11(3,4)9-12/h1,5-9H2,2-4H3. The molecule has 1 rings (SSSR count). The van der Waals surface area contributed by atoms with E-state index in [2.05, 4.69) is 44.0 Å². The highest BCUT2D eigenvalue weighted by molar-refractivity contribution is 8.00. The average molecular weight is 199 g/mol. The van der Waals surface area contributed by atoms with Gasteiger partial charge in [-0.05, 0) is 27.2 Å². The summed E-state index contributed by atoms with van der Waals surface area (Å²) in [5, 5.41) is 0. The Morgan fingerprint density at radius 1 is 1.54 bits per heavy atom. The van der Waals surface area contributed by atoms with Crippen molar-refractivity contribution >= 4 is 11.8 Å². The third-order valence-corrected chi connectivity index (χ3v) is 3.66. The minimum Gasteiger partial charge on any atom is -0.301 e. The molecule has 1 saturated heterocycles. The fourth-order valence-corrected chi connectivity index (χ4v) is 2.83. The Kier molecular flexibility index (Phi) is 3.87. The molecule has 1 aliphatic heterocycles. The topological polar surface area (TPSA) is 3.24 Å². The molecule has 0 N–H and O–H groups in total. The van der Waals surface area contributed by atoms with Crippen LogP contribution in [0.4, 0.5) is 0 Å². The third kappa shape index (κ3) is 4.19. The molecule has 0 aliphatic carbocycles. The minimum atomic E-state index is 0.452. The van der Waals surface area contributed by atoms with E-state index < -0.39 is 0 Å². The van der Waals surface area contributed by atoms with E-state index >= 15 is 0 Å². The van der Waals surface area contributed by atoms with Crippen LogP contribution in [0.1, 0.15) is 27.2 Å². The molecule has 1 nitrogen and oxygen atoms in total. The van der Waals surface area contributed by atoms with E-state index in [1.54, 1.807) is 0 Å². The van der Waals surface area contributed by atoms with Crippen LogP contribution in [-0.4, -0.2) is 35.0 Å². The lowest BCUT2D eigenvalue weighted by atomic mass is 10.1. The average Bonchev–Trinajstić information content (AvgIpc) is 1.99. The van der Waals surface area contributed by atoms with Gasteiger partial charge in [-0.3, -0.25) is 0 Å². The Balaban J connectivity index is 2.30. The summed E-state index contributed by atoms with van der Waals surface area (Å²) < 4.78 is 0.452. The number of hydrogen-bond acceptors (Lipinski definition) is 2. The molecule has 1 heterocycles. The molecule has 0 aromatic heterocycles. The van der Waals surface area contributed by atoms with Crippen molar-refractivity contribution in [2.75, 3.05) is 25.4 Å². The van der Waals surface area contributed by atoms with Gasteiger partial charge >= 0.3 is 0 Å². The Morgan fingerprint density at radius 2 is 2.23 bits per heavy atom. The molecule has 0 aromatic carbocycles. The molecule has 0 aromatic rings. The molecule has 2 heteroatoms. The largest absolute Gasteiger partial charge is 0.301 e. The van der Waals surface area contributed by atoms with Crippen LogP contribution in [0, 0.1) is 0 Å². The van der Waals surface area contributed by atoms with Crippen molar-refractivity contribution < 1.29 is 0 Å². The lowest BCUT2D eigenvalue weighted by molar-refractivity contribution is 0.263. The van der Waals surface area contributed by atoms with Crippen molar-refractivity contribution in [3.05, 3.63) is 12.2 Å². The molecule has 0 unspecified atom stereocenters. The Bertz CT molecular complexity index is 187. The van der Waals surface area contributed by atoms with Gasteiger partial charge in [-0.15, -0.1) is 6.58 Å². The van der Waals surface area contributed by atoms with Crippen LogP contribution < -0.4 is 0 Å². The second kappa shape index (κ2) is 4.52. The second-order valence-corrected chi connectivity index (χ2v) is 6.39. The summed E-state index contributed by atoms with van der Waals surface area (Å²) in [5.41, 5.74) is 1.30. The first kappa shape index (κ1) is 11.1. The molecule has 0 radical (unpaired) electrons. The first-order valence-corrected chi connectivity index (χ1v) is 5.99. The van der Waals surface area contributed by atoms with E-state index in [-0.39, 0.29) is 0 Å². The van der Waals surface area contributed by atoms with Gasteiger partial charge in [-0.1, -0.05) is 5.57 Å². The maximum absolute atomic E-state index is 3.94. The summed E-state index contributed by atoms with van der Waals surface area (Å²) in [6.07, 6.45) is 1.15. The van der Waals surface area contributed by atoms with Gasteiger partial charge in [-0.25, -0.2) is 0 Å². The van der Waals surface area contributed by atoms with Crippen LogP contribution in [0.15, 0.2) is 12.2 Å². The number of hydrogen-bond donors (Lipinski definition) is 0. The van der Waals surface area contributed by atoms with Gasteiger partial charge in [0.05, 0.1) is 0 Å². The fourth-order valence-electron chi connectivity index (χ4n) is 1.65. The van der Waals surface area contributed by atoms with E-state index in [9.17, 15) is 0 Å². The molecule has 0 spiro atoms. The molecule has 1 fully saturated rings. The summed E-state index contributed by atoms with van der Waals surface area (Å²) in [6, 6.07) is 0. The van der Waals surface area contributed by atoms with Crippen molar-refractivity contribution in [3.63, 3.8) is 0 Å². The molecular weight excluding hydrogens is 178 g/mol. The predicted octanol–water partition coefficient (Wildman–Crippen LogP) is 2.78. The zero-order valence-electron chi connectivity index (χ0n) is 9.10. The second-order valence-electron chi connectivity index (χ2n) is 4.59. The maximum Gasteiger partial charge on any atom is 0.0231 e. The smallest absolute Gasteiger partial charge is 0.0231 e. The molecule has 0 atom stereocenters. The van der Waals surface area contributed by atoms with Crippen LogP contribution in [0.3, 0.4) is 0 Å². The van der Waals surface area contributed by atoms with Crippen LogP contribution in [0.25, 0.3) is 0 Å². The Labute approximate surface area is 86.6 Å². The van der Waals surface area contributed by atoms with Gasteiger partial charge in [0.1, 0.15) is 0 Å². The number of rotatable bonds is 3. The zero-order chi connectivity index (χ0) is 9.90. The van der Waals surface area contributed by atoms with Gasteiger partial charge in [0.2, 0.25) is 0 Å². The van der Waals surface area contributed by atoms with E-state index in [4.69, 9.17) is 0 Å². The third-order valence-electron chi connectivity index (χ3n) is 2.36. The normalized spacial score (nSPS) is 23.0. The molecular formula is C11H21NS. The van der Waals surface area contributed by atoms with Crippen LogP contribution in [0.5, 0.6) is 0 Å². The summed E-state index contributed by atoms with van der Waals surface area (Å²) >= 11 is 2.09. The molecule has 13 heavy (non-hydrogen) atoms. The first-order valence-electron chi connectivity index (χ1n) is 5.00. The van der Waals surface area contributed by atoms with E-state index in [0.717, 1.165) is 6.42 Å². The Hall–Kier alpha value is 0.0500. The van der Waals surface area contributed by atoms with Crippen molar-refractivity contribution in [2.45, 2.75) is 31.9 Å². The van der Waals surface area contributed by atoms with Crippen molar-refractivity contribution in [3.8, 4) is 0 Å². The monoisotopic (exact) mass is 199 g/mol. The first-order chi connectivity index (χ1) is 5.99. The van der Waals surface area contributed by atoms with Crippen LogP contribution in [-0.2, 0) is 0 Å². The van der Waals surface area contributed by atoms with Crippen molar-refractivity contribution in [1.82, 2.24) is 4.90 Å².